The molecule has 5 nitrogen and oxygen atoms in total. The second-order valence-electron chi connectivity index (χ2n) is 7.20. The summed E-state index contributed by atoms with van der Waals surface area (Å²) in [6, 6.07) is 10.6. The minimum Gasteiger partial charge on any atom is -0.336 e. The van der Waals surface area contributed by atoms with Gasteiger partial charge in [0, 0.05) is 37.3 Å². The summed E-state index contributed by atoms with van der Waals surface area (Å²) in [7, 11) is 0. The molecule has 1 saturated heterocycles. The van der Waals surface area contributed by atoms with Gasteiger partial charge in [-0.3, -0.25) is 9.59 Å². The third kappa shape index (κ3) is 4.54. The highest BCUT2D eigenvalue weighted by molar-refractivity contribution is 6.34. The molecule has 0 unspecified atom stereocenters. The highest BCUT2D eigenvalue weighted by atomic mass is 35.5. The van der Waals surface area contributed by atoms with E-state index in [-0.39, 0.29) is 11.8 Å². The molecule has 1 heterocycles. The molecule has 0 saturated carbocycles. The number of nitrogens with one attached hydrogen (secondary N) is 1. The Hall–Kier alpha value is -2.37. The molecule has 0 atom stereocenters. The van der Waals surface area contributed by atoms with Crippen molar-refractivity contribution in [3.8, 4) is 0 Å². The van der Waals surface area contributed by atoms with Gasteiger partial charge in [0.25, 0.3) is 11.8 Å². The standard InChI is InChI=1S/C22H26ClN3O2/c1-4-25-9-11-26(12-10-25)22(28)18-7-5-17(6-8-18)21(27)24-20-16(3)13-15(2)14-19(20)23/h5-8,13-14H,4,9-12H2,1-3H3,(H,24,27). The van der Waals surface area contributed by atoms with Crippen LogP contribution in [0.2, 0.25) is 5.02 Å². The summed E-state index contributed by atoms with van der Waals surface area (Å²) in [5.74, 6) is -0.232. The Morgan fingerprint density at radius 3 is 2.18 bits per heavy atom. The van der Waals surface area contributed by atoms with E-state index in [0.717, 1.165) is 43.9 Å². The van der Waals surface area contributed by atoms with Gasteiger partial charge < -0.3 is 15.1 Å². The number of amides is 2. The number of hydrogen-bond acceptors (Lipinski definition) is 3. The van der Waals surface area contributed by atoms with Crippen molar-refractivity contribution in [3.05, 3.63) is 63.7 Å². The van der Waals surface area contributed by atoms with Crippen LogP contribution < -0.4 is 5.32 Å². The van der Waals surface area contributed by atoms with Crippen LogP contribution in [0.4, 0.5) is 5.69 Å². The van der Waals surface area contributed by atoms with E-state index in [1.807, 2.05) is 30.9 Å². The van der Waals surface area contributed by atoms with Crippen molar-refractivity contribution in [3.63, 3.8) is 0 Å². The summed E-state index contributed by atoms with van der Waals surface area (Å²) in [5, 5.41) is 3.39. The van der Waals surface area contributed by atoms with Gasteiger partial charge in [-0.15, -0.1) is 0 Å². The average molecular weight is 400 g/mol. The van der Waals surface area contributed by atoms with Crippen LogP contribution in [-0.4, -0.2) is 54.3 Å². The Kier molecular flexibility index (Phi) is 6.37. The predicted molar refractivity (Wildman–Crippen MR) is 113 cm³/mol. The number of carbonyl (C=O) groups excluding carboxylic acids is 2. The first-order valence-electron chi connectivity index (χ1n) is 9.59. The quantitative estimate of drug-likeness (QED) is 0.845. The molecular formula is C22H26ClN3O2. The molecule has 0 aliphatic carbocycles. The third-order valence-electron chi connectivity index (χ3n) is 5.17. The lowest BCUT2D eigenvalue weighted by Gasteiger charge is -2.34. The molecule has 28 heavy (non-hydrogen) atoms. The van der Waals surface area contributed by atoms with Crippen molar-refractivity contribution in [1.82, 2.24) is 9.80 Å². The molecule has 1 aliphatic rings. The fraction of sp³-hybridized carbons (Fsp3) is 0.364. The van der Waals surface area contributed by atoms with Crippen LogP contribution in [0.1, 0.15) is 38.8 Å². The monoisotopic (exact) mass is 399 g/mol. The van der Waals surface area contributed by atoms with E-state index in [9.17, 15) is 9.59 Å². The zero-order valence-corrected chi connectivity index (χ0v) is 17.3. The Morgan fingerprint density at radius 1 is 1.00 bits per heavy atom. The van der Waals surface area contributed by atoms with Crippen molar-refractivity contribution >= 4 is 29.1 Å². The number of rotatable bonds is 4. The van der Waals surface area contributed by atoms with Crippen molar-refractivity contribution in [1.29, 1.82) is 0 Å². The maximum atomic E-state index is 12.7. The predicted octanol–water partition coefficient (Wildman–Crippen LogP) is 3.99. The zero-order chi connectivity index (χ0) is 20.3. The van der Waals surface area contributed by atoms with Crippen LogP contribution in [0.15, 0.2) is 36.4 Å². The molecule has 6 heteroatoms. The van der Waals surface area contributed by atoms with E-state index in [4.69, 9.17) is 11.6 Å². The lowest BCUT2D eigenvalue weighted by Crippen LogP contribution is -2.48. The highest BCUT2D eigenvalue weighted by Crippen LogP contribution is 2.27. The van der Waals surface area contributed by atoms with E-state index in [1.165, 1.54) is 0 Å². The molecule has 0 aromatic heterocycles. The summed E-state index contributed by atoms with van der Waals surface area (Å²) in [5.41, 5.74) is 3.67. The number of halogens is 1. The Balaban J connectivity index is 1.67. The molecular weight excluding hydrogens is 374 g/mol. The van der Waals surface area contributed by atoms with E-state index in [0.29, 0.717) is 21.8 Å². The van der Waals surface area contributed by atoms with E-state index >= 15 is 0 Å². The molecule has 2 aromatic carbocycles. The number of piperazine rings is 1. The van der Waals surface area contributed by atoms with Gasteiger partial charge in [-0.05, 0) is 61.9 Å². The van der Waals surface area contributed by atoms with Crippen molar-refractivity contribution in [2.24, 2.45) is 0 Å². The first-order chi connectivity index (χ1) is 13.4. The van der Waals surface area contributed by atoms with Crippen molar-refractivity contribution in [2.45, 2.75) is 20.8 Å². The second kappa shape index (κ2) is 8.76. The topological polar surface area (TPSA) is 52.7 Å². The summed E-state index contributed by atoms with van der Waals surface area (Å²) in [6.45, 7) is 10.3. The largest absolute Gasteiger partial charge is 0.336 e. The Bertz CT molecular complexity index is 849. The lowest BCUT2D eigenvalue weighted by atomic mass is 10.1. The first-order valence-corrected chi connectivity index (χ1v) is 9.96. The molecule has 2 aromatic rings. The smallest absolute Gasteiger partial charge is 0.255 e. The van der Waals surface area contributed by atoms with Gasteiger partial charge in [0.2, 0.25) is 0 Å². The number of nitrogens with zero attached hydrogens (tertiary/aromatic N) is 2. The van der Waals surface area contributed by atoms with Crippen LogP contribution in [-0.2, 0) is 0 Å². The van der Waals surface area contributed by atoms with Crippen molar-refractivity contribution in [2.75, 3.05) is 38.0 Å². The second-order valence-corrected chi connectivity index (χ2v) is 7.60. The molecule has 3 rings (SSSR count). The minimum absolute atomic E-state index is 0.0140. The number of benzene rings is 2. The molecule has 0 bridgehead atoms. The average Bonchev–Trinajstić information content (AvgIpc) is 2.70. The van der Waals surface area contributed by atoms with Crippen LogP contribution in [0.3, 0.4) is 0 Å². The van der Waals surface area contributed by atoms with Gasteiger partial charge in [0.15, 0.2) is 0 Å². The maximum Gasteiger partial charge on any atom is 0.255 e. The fourth-order valence-electron chi connectivity index (χ4n) is 3.47. The summed E-state index contributed by atoms with van der Waals surface area (Å²) in [4.78, 5) is 29.5. The minimum atomic E-state index is -0.246. The number of likely N-dealkylation sites (N-methyl/N-ethyl adjacent to an activating group) is 1. The first kappa shape index (κ1) is 20.4. The van der Waals surface area contributed by atoms with Crippen LogP contribution in [0.5, 0.6) is 0 Å². The van der Waals surface area contributed by atoms with E-state index < -0.39 is 0 Å². The van der Waals surface area contributed by atoms with Gasteiger partial charge in [-0.2, -0.15) is 0 Å². The van der Waals surface area contributed by atoms with Gasteiger partial charge in [0.05, 0.1) is 10.7 Å². The molecule has 1 aliphatic heterocycles. The van der Waals surface area contributed by atoms with Crippen LogP contribution in [0, 0.1) is 13.8 Å². The fourth-order valence-corrected chi connectivity index (χ4v) is 3.84. The highest BCUT2D eigenvalue weighted by Gasteiger charge is 2.21. The number of carbonyl (C=O) groups is 2. The zero-order valence-electron chi connectivity index (χ0n) is 16.6. The normalized spacial score (nSPS) is 14.8. The van der Waals surface area contributed by atoms with Gasteiger partial charge in [-0.25, -0.2) is 0 Å². The van der Waals surface area contributed by atoms with Gasteiger partial charge in [0.1, 0.15) is 0 Å². The van der Waals surface area contributed by atoms with E-state index in [1.54, 1.807) is 24.3 Å². The summed E-state index contributed by atoms with van der Waals surface area (Å²) < 4.78 is 0. The molecule has 0 spiro atoms. The summed E-state index contributed by atoms with van der Waals surface area (Å²) >= 11 is 6.27. The molecule has 1 N–H and O–H groups in total. The lowest BCUT2D eigenvalue weighted by molar-refractivity contribution is 0.0643. The number of aryl methyl sites for hydroxylation is 2. The molecule has 148 valence electrons. The summed E-state index contributed by atoms with van der Waals surface area (Å²) in [6.07, 6.45) is 0. The molecule has 1 fully saturated rings. The number of anilines is 1. The SMILES string of the molecule is CCN1CCN(C(=O)c2ccc(C(=O)Nc3c(C)cc(C)cc3Cl)cc2)CC1. The maximum absolute atomic E-state index is 12.7. The Labute approximate surface area is 171 Å². The van der Waals surface area contributed by atoms with Gasteiger partial charge >= 0.3 is 0 Å². The third-order valence-corrected chi connectivity index (χ3v) is 5.47. The van der Waals surface area contributed by atoms with Crippen LogP contribution in [0.25, 0.3) is 0 Å². The van der Waals surface area contributed by atoms with Gasteiger partial charge in [-0.1, -0.05) is 24.6 Å². The molecule has 2 amide bonds. The Morgan fingerprint density at radius 2 is 1.61 bits per heavy atom. The van der Waals surface area contributed by atoms with Crippen LogP contribution >= 0.6 is 11.6 Å². The number of hydrogen-bond donors (Lipinski definition) is 1. The molecule has 0 radical (unpaired) electrons. The van der Waals surface area contributed by atoms with E-state index in [2.05, 4.69) is 17.1 Å². The van der Waals surface area contributed by atoms with Crippen molar-refractivity contribution < 1.29 is 9.59 Å².